The van der Waals surface area contributed by atoms with Gasteiger partial charge in [-0.25, -0.2) is 13.9 Å². The summed E-state index contributed by atoms with van der Waals surface area (Å²) in [6.07, 6.45) is 1.17. The number of para-hydroxylation sites is 1. The van der Waals surface area contributed by atoms with Crippen LogP contribution in [0.4, 0.5) is 10.1 Å². The number of carboxylic acids is 1. The van der Waals surface area contributed by atoms with Crippen molar-refractivity contribution in [3.05, 3.63) is 46.0 Å². The molecule has 0 bridgehead atoms. The number of halogens is 1. The summed E-state index contributed by atoms with van der Waals surface area (Å²) in [5.74, 6) is -2.55. The van der Waals surface area contributed by atoms with Crippen molar-refractivity contribution in [2.75, 3.05) is 6.61 Å². The van der Waals surface area contributed by atoms with Gasteiger partial charge < -0.3 is 9.84 Å². The quantitative estimate of drug-likeness (QED) is 0.625. The highest BCUT2D eigenvalue weighted by atomic mass is 19.1. The Labute approximate surface area is 116 Å². The monoisotopic (exact) mass is 296 g/mol. The van der Waals surface area contributed by atoms with Gasteiger partial charge in [-0.2, -0.15) is 0 Å². The Bertz CT molecular complexity index is 687. The first-order chi connectivity index (χ1) is 9.99. The minimum Gasteiger partial charge on any atom is -0.483 e. The van der Waals surface area contributed by atoms with E-state index in [0.29, 0.717) is 0 Å². The summed E-state index contributed by atoms with van der Waals surface area (Å²) in [5.41, 5.74) is -0.730. The highest BCUT2D eigenvalue weighted by Gasteiger charge is 2.19. The standard InChI is InChI=1S/C11H9FN4O5/c12-7-2-1-3-9(16(19)20)10(7)21-5-4-15-6-8(11(17)18)13-14-15/h1-3,6H,4-5H2,(H,17,18). The summed E-state index contributed by atoms with van der Waals surface area (Å²) in [4.78, 5) is 20.6. The minimum atomic E-state index is -1.23. The Morgan fingerprint density at radius 1 is 1.52 bits per heavy atom. The van der Waals surface area contributed by atoms with Gasteiger partial charge in [-0.1, -0.05) is 11.3 Å². The van der Waals surface area contributed by atoms with Gasteiger partial charge in [0, 0.05) is 6.07 Å². The third-order valence-electron chi connectivity index (χ3n) is 2.47. The zero-order chi connectivity index (χ0) is 15.4. The van der Waals surface area contributed by atoms with Crippen molar-refractivity contribution in [1.82, 2.24) is 15.0 Å². The van der Waals surface area contributed by atoms with Gasteiger partial charge in [0.05, 0.1) is 17.7 Å². The number of rotatable bonds is 6. The molecule has 0 saturated carbocycles. The third kappa shape index (κ3) is 3.29. The largest absolute Gasteiger partial charge is 0.483 e. The summed E-state index contributed by atoms with van der Waals surface area (Å²) in [5, 5.41) is 26.3. The third-order valence-corrected chi connectivity index (χ3v) is 2.47. The van der Waals surface area contributed by atoms with Crippen LogP contribution in [0, 0.1) is 15.9 Å². The van der Waals surface area contributed by atoms with Crippen molar-refractivity contribution >= 4 is 11.7 Å². The molecule has 1 N–H and O–H groups in total. The lowest BCUT2D eigenvalue weighted by molar-refractivity contribution is -0.386. The lowest BCUT2D eigenvalue weighted by Gasteiger charge is -2.07. The number of carbonyl (C=O) groups is 1. The van der Waals surface area contributed by atoms with Crippen LogP contribution in [0.1, 0.15) is 10.5 Å². The van der Waals surface area contributed by atoms with Crippen LogP contribution in [-0.4, -0.2) is 37.6 Å². The molecule has 0 saturated heterocycles. The van der Waals surface area contributed by atoms with E-state index in [1.807, 2.05) is 0 Å². The average molecular weight is 296 g/mol. The summed E-state index contributed by atoms with van der Waals surface area (Å²) in [6.45, 7) is -0.0735. The first-order valence-corrected chi connectivity index (χ1v) is 5.68. The van der Waals surface area contributed by atoms with E-state index in [0.717, 1.165) is 12.1 Å². The van der Waals surface area contributed by atoms with Gasteiger partial charge in [0.1, 0.15) is 6.61 Å². The fourth-order valence-electron chi connectivity index (χ4n) is 1.53. The molecule has 0 radical (unpaired) electrons. The summed E-state index contributed by atoms with van der Waals surface area (Å²) in [7, 11) is 0. The highest BCUT2D eigenvalue weighted by molar-refractivity contribution is 5.84. The predicted octanol–water partition coefficient (Wildman–Crippen LogP) is 1.10. The SMILES string of the molecule is O=C(O)c1cn(CCOc2c(F)cccc2[N+](=O)[O-])nn1. The second-order valence-corrected chi connectivity index (χ2v) is 3.87. The number of hydrogen-bond donors (Lipinski definition) is 1. The van der Waals surface area contributed by atoms with E-state index in [-0.39, 0.29) is 18.8 Å². The maximum Gasteiger partial charge on any atom is 0.358 e. The van der Waals surface area contributed by atoms with Gasteiger partial charge in [-0.15, -0.1) is 5.10 Å². The van der Waals surface area contributed by atoms with Crippen molar-refractivity contribution in [2.24, 2.45) is 0 Å². The van der Waals surface area contributed by atoms with Gasteiger partial charge in [-0.3, -0.25) is 10.1 Å². The number of benzene rings is 1. The molecule has 0 unspecified atom stereocenters. The van der Waals surface area contributed by atoms with Crippen LogP contribution in [0.25, 0.3) is 0 Å². The number of nitrogens with zero attached hydrogens (tertiary/aromatic N) is 4. The molecule has 1 heterocycles. The van der Waals surface area contributed by atoms with Crippen LogP contribution in [0.15, 0.2) is 24.4 Å². The molecule has 0 aliphatic heterocycles. The van der Waals surface area contributed by atoms with Crippen molar-refractivity contribution in [3.8, 4) is 5.75 Å². The van der Waals surface area contributed by atoms with Gasteiger partial charge in [0.15, 0.2) is 11.5 Å². The minimum absolute atomic E-state index is 0.0613. The zero-order valence-corrected chi connectivity index (χ0v) is 10.5. The second kappa shape index (κ2) is 5.94. The van der Waals surface area contributed by atoms with E-state index in [1.165, 1.54) is 16.9 Å². The van der Waals surface area contributed by atoms with Crippen LogP contribution in [0.5, 0.6) is 5.75 Å². The molecular formula is C11H9FN4O5. The number of aromatic carboxylic acids is 1. The molecule has 21 heavy (non-hydrogen) atoms. The summed E-state index contributed by atoms with van der Waals surface area (Å²) in [6, 6.07) is 3.37. The Hall–Kier alpha value is -3.04. The number of hydrogen-bond acceptors (Lipinski definition) is 6. The normalized spacial score (nSPS) is 10.3. The van der Waals surface area contributed by atoms with E-state index in [1.54, 1.807) is 0 Å². The number of nitro benzene ring substituents is 1. The number of aromatic nitrogens is 3. The predicted molar refractivity (Wildman–Crippen MR) is 65.5 cm³/mol. The van der Waals surface area contributed by atoms with E-state index >= 15 is 0 Å². The van der Waals surface area contributed by atoms with Crippen LogP contribution in [-0.2, 0) is 6.54 Å². The van der Waals surface area contributed by atoms with E-state index in [4.69, 9.17) is 9.84 Å². The number of ether oxygens (including phenoxy) is 1. The smallest absolute Gasteiger partial charge is 0.358 e. The molecule has 110 valence electrons. The average Bonchev–Trinajstić information content (AvgIpc) is 2.89. The van der Waals surface area contributed by atoms with Crippen LogP contribution in [0.2, 0.25) is 0 Å². The molecule has 1 aromatic heterocycles. The molecule has 0 amide bonds. The molecule has 9 nitrogen and oxygen atoms in total. The Balaban J connectivity index is 2.03. The van der Waals surface area contributed by atoms with Crippen LogP contribution >= 0.6 is 0 Å². The van der Waals surface area contributed by atoms with Gasteiger partial charge in [0.25, 0.3) is 0 Å². The topological polar surface area (TPSA) is 120 Å². The molecule has 0 aliphatic rings. The van der Waals surface area contributed by atoms with Crippen molar-refractivity contribution in [3.63, 3.8) is 0 Å². The van der Waals surface area contributed by atoms with Crippen molar-refractivity contribution in [2.45, 2.75) is 6.54 Å². The van der Waals surface area contributed by atoms with Crippen LogP contribution < -0.4 is 4.74 Å². The number of carboxylic acid groups (broad SMARTS) is 1. The Morgan fingerprint density at radius 2 is 2.29 bits per heavy atom. The maximum absolute atomic E-state index is 13.5. The second-order valence-electron chi connectivity index (χ2n) is 3.87. The van der Waals surface area contributed by atoms with Gasteiger partial charge >= 0.3 is 11.7 Å². The zero-order valence-electron chi connectivity index (χ0n) is 10.5. The lowest BCUT2D eigenvalue weighted by Crippen LogP contribution is -2.10. The Kier molecular flexibility index (Phi) is 4.07. The van der Waals surface area contributed by atoms with Crippen LogP contribution in [0.3, 0.4) is 0 Å². The first kappa shape index (κ1) is 14.4. The molecule has 0 spiro atoms. The maximum atomic E-state index is 13.5. The van der Waals surface area contributed by atoms with Gasteiger partial charge in [0.2, 0.25) is 5.75 Å². The molecular weight excluding hydrogens is 287 g/mol. The lowest BCUT2D eigenvalue weighted by atomic mass is 10.3. The molecule has 0 fully saturated rings. The molecule has 0 aliphatic carbocycles. The number of nitro groups is 1. The fraction of sp³-hybridized carbons (Fsp3) is 0.182. The highest BCUT2D eigenvalue weighted by Crippen LogP contribution is 2.29. The summed E-state index contributed by atoms with van der Waals surface area (Å²) >= 11 is 0. The van der Waals surface area contributed by atoms with Crippen molar-refractivity contribution in [1.29, 1.82) is 0 Å². The van der Waals surface area contributed by atoms with E-state index < -0.39 is 28.1 Å². The summed E-state index contributed by atoms with van der Waals surface area (Å²) < 4.78 is 19.7. The first-order valence-electron chi connectivity index (χ1n) is 5.68. The Morgan fingerprint density at radius 3 is 2.90 bits per heavy atom. The van der Waals surface area contributed by atoms with E-state index in [9.17, 15) is 19.3 Å². The molecule has 2 aromatic rings. The van der Waals surface area contributed by atoms with Gasteiger partial charge in [-0.05, 0) is 6.07 Å². The molecule has 0 atom stereocenters. The van der Waals surface area contributed by atoms with E-state index in [2.05, 4.69) is 10.3 Å². The fourth-order valence-corrected chi connectivity index (χ4v) is 1.53. The molecule has 2 rings (SSSR count). The molecule has 1 aromatic carbocycles. The molecule has 10 heteroatoms. The van der Waals surface area contributed by atoms with Crippen molar-refractivity contribution < 1.29 is 24.0 Å².